The van der Waals surface area contributed by atoms with E-state index in [9.17, 15) is 0 Å². The van der Waals surface area contributed by atoms with E-state index in [0.717, 1.165) is 5.82 Å². The van der Waals surface area contributed by atoms with Crippen molar-refractivity contribution in [2.75, 3.05) is 24.1 Å². The highest BCUT2D eigenvalue weighted by Crippen LogP contribution is 2.29. The number of nitrogen functional groups attached to an aromatic ring is 1. The van der Waals surface area contributed by atoms with Crippen LogP contribution in [0.25, 0.3) is 0 Å². The molecule has 1 aromatic heterocycles. The minimum Gasteiger partial charge on any atom is -0.377 e. The van der Waals surface area contributed by atoms with E-state index in [4.69, 9.17) is 10.6 Å². The molecular weight excluding hydrogens is 274 g/mol. The molecule has 1 saturated carbocycles. The first-order valence-electron chi connectivity index (χ1n) is 6.89. The van der Waals surface area contributed by atoms with E-state index in [-0.39, 0.29) is 0 Å². The SMILES string of the molecule is COCc1nc(NN)cc(NC2CCCCC2SC)n1. The summed E-state index contributed by atoms with van der Waals surface area (Å²) in [7, 11) is 1.63. The van der Waals surface area contributed by atoms with Gasteiger partial charge in [-0.15, -0.1) is 0 Å². The Morgan fingerprint density at radius 2 is 2.10 bits per heavy atom. The van der Waals surface area contributed by atoms with Crippen molar-refractivity contribution < 1.29 is 4.74 Å². The highest BCUT2D eigenvalue weighted by Gasteiger charge is 2.24. The molecule has 0 radical (unpaired) electrons. The highest BCUT2D eigenvalue weighted by atomic mass is 32.2. The first kappa shape index (κ1) is 15.3. The number of nitrogens with one attached hydrogen (secondary N) is 2. The van der Waals surface area contributed by atoms with Crippen LogP contribution in [-0.2, 0) is 11.3 Å². The molecule has 6 nitrogen and oxygen atoms in total. The van der Waals surface area contributed by atoms with Gasteiger partial charge in [-0.3, -0.25) is 0 Å². The molecule has 1 aliphatic carbocycles. The third-order valence-corrected chi connectivity index (χ3v) is 4.70. The number of nitrogens with two attached hydrogens (primary N) is 1. The van der Waals surface area contributed by atoms with Crippen molar-refractivity contribution in [3.63, 3.8) is 0 Å². The Morgan fingerprint density at radius 1 is 1.35 bits per heavy atom. The predicted octanol–water partition coefficient (Wildman–Crippen LogP) is 1.99. The smallest absolute Gasteiger partial charge is 0.158 e. The average Bonchev–Trinajstić information content (AvgIpc) is 2.48. The van der Waals surface area contributed by atoms with Gasteiger partial charge in [0.25, 0.3) is 0 Å². The highest BCUT2D eigenvalue weighted by molar-refractivity contribution is 7.99. The minimum absolute atomic E-state index is 0.376. The number of hydrogen-bond donors (Lipinski definition) is 3. The molecule has 112 valence electrons. The summed E-state index contributed by atoms with van der Waals surface area (Å²) < 4.78 is 5.09. The number of rotatable bonds is 6. The van der Waals surface area contributed by atoms with Crippen LogP contribution in [0.2, 0.25) is 0 Å². The van der Waals surface area contributed by atoms with Gasteiger partial charge in [-0.05, 0) is 19.1 Å². The molecular formula is C13H23N5OS. The quantitative estimate of drug-likeness (QED) is 0.547. The second kappa shape index (κ2) is 7.66. The Bertz CT molecular complexity index is 431. The van der Waals surface area contributed by atoms with Gasteiger partial charge in [-0.1, -0.05) is 12.8 Å². The van der Waals surface area contributed by atoms with Crippen molar-refractivity contribution in [2.24, 2.45) is 5.84 Å². The summed E-state index contributed by atoms with van der Waals surface area (Å²) >= 11 is 1.93. The fourth-order valence-electron chi connectivity index (χ4n) is 2.57. The van der Waals surface area contributed by atoms with E-state index in [1.165, 1.54) is 25.7 Å². The molecule has 20 heavy (non-hydrogen) atoms. The number of methoxy groups -OCH3 is 1. The van der Waals surface area contributed by atoms with E-state index in [1.807, 2.05) is 17.8 Å². The van der Waals surface area contributed by atoms with Gasteiger partial charge >= 0.3 is 0 Å². The van der Waals surface area contributed by atoms with Crippen LogP contribution < -0.4 is 16.6 Å². The van der Waals surface area contributed by atoms with E-state index >= 15 is 0 Å². The molecule has 1 fully saturated rings. The van der Waals surface area contributed by atoms with Crippen molar-refractivity contribution in [2.45, 2.75) is 43.6 Å². The van der Waals surface area contributed by atoms with Crippen LogP contribution in [0, 0.1) is 0 Å². The molecule has 2 unspecified atom stereocenters. The van der Waals surface area contributed by atoms with E-state index in [0.29, 0.717) is 29.5 Å². The van der Waals surface area contributed by atoms with Crippen LogP contribution >= 0.6 is 11.8 Å². The van der Waals surface area contributed by atoms with Crippen molar-refractivity contribution in [1.29, 1.82) is 0 Å². The molecule has 1 aliphatic rings. The Hall–Kier alpha value is -1.05. The van der Waals surface area contributed by atoms with Crippen LogP contribution in [0.5, 0.6) is 0 Å². The maximum atomic E-state index is 5.46. The summed E-state index contributed by atoms with van der Waals surface area (Å²) in [5.74, 6) is 7.50. The van der Waals surface area contributed by atoms with Crippen LogP contribution in [0.15, 0.2) is 6.07 Å². The molecule has 7 heteroatoms. The van der Waals surface area contributed by atoms with E-state index < -0.39 is 0 Å². The molecule has 0 aromatic carbocycles. The van der Waals surface area contributed by atoms with Gasteiger partial charge in [0.05, 0.1) is 0 Å². The number of hydrazine groups is 1. The topological polar surface area (TPSA) is 85.1 Å². The molecule has 2 atom stereocenters. The third kappa shape index (κ3) is 3.97. The lowest BCUT2D eigenvalue weighted by Gasteiger charge is -2.31. The summed E-state index contributed by atoms with van der Waals surface area (Å²) in [6, 6.07) is 2.29. The van der Waals surface area contributed by atoms with Gasteiger partial charge < -0.3 is 15.5 Å². The summed E-state index contributed by atoms with van der Waals surface area (Å²) in [6.45, 7) is 0.376. The van der Waals surface area contributed by atoms with Gasteiger partial charge in [-0.25, -0.2) is 15.8 Å². The van der Waals surface area contributed by atoms with E-state index in [2.05, 4.69) is 27.0 Å². The molecule has 0 spiro atoms. The maximum Gasteiger partial charge on any atom is 0.158 e. The summed E-state index contributed by atoms with van der Waals surface area (Å²) in [5.41, 5.74) is 2.58. The molecule has 0 amide bonds. The average molecular weight is 297 g/mol. The molecule has 0 bridgehead atoms. The zero-order valence-corrected chi connectivity index (χ0v) is 12.9. The van der Waals surface area contributed by atoms with Crippen LogP contribution in [0.1, 0.15) is 31.5 Å². The number of hydrogen-bond acceptors (Lipinski definition) is 7. The fraction of sp³-hybridized carbons (Fsp3) is 0.692. The first-order valence-corrected chi connectivity index (χ1v) is 8.18. The van der Waals surface area contributed by atoms with Crippen LogP contribution in [0.3, 0.4) is 0 Å². The second-order valence-corrected chi connectivity index (χ2v) is 6.02. The lowest BCUT2D eigenvalue weighted by Crippen LogP contribution is -2.34. The zero-order valence-electron chi connectivity index (χ0n) is 12.1. The zero-order chi connectivity index (χ0) is 14.4. The van der Waals surface area contributed by atoms with Gasteiger partial charge in [0.1, 0.15) is 18.2 Å². The first-order chi connectivity index (χ1) is 9.76. The molecule has 2 rings (SSSR count). The Balaban J connectivity index is 2.12. The summed E-state index contributed by atoms with van der Waals surface area (Å²) in [4.78, 5) is 8.74. The van der Waals surface area contributed by atoms with Crippen molar-refractivity contribution in [1.82, 2.24) is 9.97 Å². The third-order valence-electron chi connectivity index (χ3n) is 3.53. The van der Waals surface area contributed by atoms with Crippen molar-refractivity contribution >= 4 is 23.4 Å². The normalized spacial score (nSPS) is 22.6. The van der Waals surface area contributed by atoms with Crippen molar-refractivity contribution in [3.8, 4) is 0 Å². The van der Waals surface area contributed by atoms with Gasteiger partial charge in [-0.2, -0.15) is 11.8 Å². The Labute approximate surface area is 124 Å². The predicted molar refractivity (Wildman–Crippen MR) is 83.7 cm³/mol. The summed E-state index contributed by atoms with van der Waals surface area (Å²) in [5, 5.41) is 4.17. The van der Waals surface area contributed by atoms with Gasteiger partial charge in [0.2, 0.25) is 0 Å². The standard InChI is InChI=1S/C13H23N5OS/c1-19-8-13-16-11(7-12(17-13)18-14)15-9-5-3-4-6-10(9)20-2/h7,9-10H,3-6,8,14H2,1-2H3,(H2,15,16,17,18). The number of anilines is 2. The molecule has 1 heterocycles. The Morgan fingerprint density at radius 3 is 2.80 bits per heavy atom. The minimum atomic E-state index is 0.376. The lowest BCUT2D eigenvalue weighted by molar-refractivity contribution is 0.178. The van der Waals surface area contributed by atoms with E-state index in [1.54, 1.807) is 7.11 Å². The molecule has 0 aliphatic heterocycles. The number of aromatic nitrogens is 2. The number of ether oxygens (including phenoxy) is 1. The summed E-state index contributed by atoms with van der Waals surface area (Å²) in [6.07, 6.45) is 7.20. The second-order valence-electron chi connectivity index (χ2n) is 4.94. The Kier molecular flexibility index (Phi) is 5.87. The maximum absolute atomic E-state index is 5.46. The lowest BCUT2D eigenvalue weighted by atomic mass is 9.95. The van der Waals surface area contributed by atoms with Crippen LogP contribution in [0.4, 0.5) is 11.6 Å². The monoisotopic (exact) mass is 297 g/mol. The fourth-order valence-corrected chi connectivity index (χ4v) is 3.51. The molecule has 1 aromatic rings. The number of nitrogens with zero attached hydrogens (tertiary/aromatic N) is 2. The molecule has 4 N–H and O–H groups in total. The molecule has 0 saturated heterocycles. The largest absolute Gasteiger partial charge is 0.377 e. The van der Waals surface area contributed by atoms with Gasteiger partial charge in [0, 0.05) is 24.5 Å². The van der Waals surface area contributed by atoms with Gasteiger partial charge in [0.15, 0.2) is 5.82 Å². The number of thioether (sulfide) groups is 1. The van der Waals surface area contributed by atoms with Crippen molar-refractivity contribution in [3.05, 3.63) is 11.9 Å². The van der Waals surface area contributed by atoms with Crippen LogP contribution in [-0.4, -0.2) is 34.6 Å².